The molecular weight excluding hydrogens is 372 g/mol. The van der Waals surface area contributed by atoms with Crippen molar-refractivity contribution in [2.45, 2.75) is 32.7 Å². The van der Waals surface area contributed by atoms with E-state index in [4.69, 9.17) is 4.74 Å². The topological polar surface area (TPSA) is 49.9 Å². The fourth-order valence-electron chi connectivity index (χ4n) is 3.79. The molecular formula is C22H28N2O3S. The summed E-state index contributed by atoms with van der Waals surface area (Å²) in [6, 6.07) is 10.3. The summed E-state index contributed by atoms with van der Waals surface area (Å²) in [5, 5.41) is 2.11. The zero-order chi connectivity index (χ0) is 20.1. The monoisotopic (exact) mass is 400 g/mol. The third kappa shape index (κ3) is 4.28. The minimum absolute atomic E-state index is 0.0111. The molecule has 2 amide bonds. The molecule has 0 spiro atoms. The van der Waals surface area contributed by atoms with Gasteiger partial charge in [-0.15, -0.1) is 11.3 Å². The molecule has 2 heterocycles. The first-order valence-corrected chi connectivity index (χ1v) is 10.6. The van der Waals surface area contributed by atoms with Crippen LogP contribution in [0.2, 0.25) is 0 Å². The highest BCUT2D eigenvalue weighted by atomic mass is 32.1. The molecule has 1 atom stereocenters. The van der Waals surface area contributed by atoms with E-state index < -0.39 is 0 Å². The van der Waals surface area contributed by atoms with Gasteiger partial charge < -0.3 is 14.5 Å². The maximum Gasteiger partial charge on any atom is 0.242 e. The molecule has 1 aromatic carbocycles. The fraction of sp³-hybridized carbons (Fsp3) is 0.455. The molecule has 0 unspecified atom stereocenters. The van der Waals surface area contributed by atoms with Crippen LogP contribution in [-0.4, -0.2) is 55.0 Å². The SMILES string of the molecule is CCC(=O)N(CCOC)CC(=O)N1CCc2sccc2[C@@H]1c1ccccc1C. The van der Waals surface area contributed by atoms with E-state index >= 15 is 0 Å². The Balaban J connectivity index is 1.89. The number of methoxy groups -OCH3 is 1. The quantitative estimate of drug-likeness (QED) is 0.716. The zero-order valence-electron chi connectivity index (χ0n) is 16.8. The Hall–Kier alpha value is -2.18. The summed E-state index contributed by atoms with van der Waals surface area (Å²) >= 11 is 1.76. The third-order valence-corrected chi connectivity index (χ3v) is 6.31. The van der Waals surface area contributed by atoms with E-state index in [1.54, 1.807) is 23.3 Å². The van der Waals surface area contributed by atoms with Crippen LogP contribution in [0.3, 0.4) is 0 Å². The Kier molecular flexibility index (Phi) is 6.86. The first-order chi connectivity index (χ1) is 13.6. The number of carbonyl (C=O) groups excluding carboxylic acids is 2. The Morgan fingerprint density at radius 2 is 2.04 bits per heavy atom. The van der Waals surface area contributed by atoms with Gasteiger partial charge in [0, 0.05) is 31.5 Å². The van der Waals surface area contributed by atoms with Gasteiger partial charge >= 0.3 is 0 Å². The van der Waals surface area contributed by atoms with Crippen molar-refractivity contribution in [1.29, 1.82) is 0 Å². The molecule has 5 nitrogen and oxygen atoms in total. The van der Waals surface area contributed by atoms with Crippen molar-refractivity contribution in [3.05, 3.63) is 57.3 Å². The van der Waals surface area contributed by atoms with E-state index in [9.17, 15) is 9.59 Å². The zero-order valence-corrected chi connectivity index (χ0v) is 17.6. The Morgan fingerprint density at radius 1 is 1.25 bits per heavy atom. The number of rotatable bonds is 7. The minimum atomic E-state index is -0.0929. The van der Waals surface area contributed by atoms with Crippen molar-refractivity contribution < 1.29 is 14.3 Å². The normalized spacial score (nSPS) is 16.0. The lowest BCUT2D eigenvalue weighted by molar-refractivity contribution is -0.142. The predicted molar refractivity (Wildman–Crippen MR) is 112 cm³/mol. The van der Waals surface area contributed by atoms with Crippen molar-refractivity contribution in [1.82, 2.24) is 9.80 Å². The molecule has 28 heavy (non-hydrogen) atoms. The van der Waals surface area contributed by atoms with Crippen molar-refractivity contribution in [2.24, 2.45) is 0 Å². The van der Waals surface area contributed by atoms with Gasteiger partial charge in [0.05, 0.1) is 19.2 Å². The van der Waals surface area contributed by atoms with Crippen molar-refractivity contribution >= 4 is 23.2 Å². The smallest absolute Gasteiger partial charge is 0.242 e. The Bertz CT molecular complexity index is 833. The molecule has 0 fully saturated rings. The van der Waals surface area contributed by atoms with Gasteiger partial charge in [0.15, 0.2) is 0 Å². The molecule has 0 bridgehead atoms. The van der Waals surface area contributed by atoms with Crippen LogP contribution in [0.25, 0.3) is 0 Å². The van der Waals surface area contributed by atoms with E-state index in [2.05, 4.69) is 30.5 Å². The standard InChI is InChI=1S/C22H28N2O3S/c1-4-20(25)23(12-13-27-3)15-21(26)24-11-9-19-18(10-14-28-19)22(24)17-8-6-5-7-16(17)2/h5-8,10,14,22H,4,9,11-13,15H2,1-3H3/t22-/m0/s1. The molecule has 1 aliphatic heterocycles. The number of ether oxygens (including phenoxy) is 1. The van der Waals surface area contributed by atoms with Crippen LogP contribution in [0.4, 0.5) is 0 Å². The molecule has 2 aromatic rings. The lowest BCUT2D eigenvalue weighted by Gasteiger charge is -2.38. The summed E-state index contributed by atoms with van der Waals surface area (Å²) in [5.41, 5.74) is 3.54. The lowest BCUT2D eigenvalue weighted by atomic mass is 9.90. The number of thiophene rings is 1. The maximum atomic E-state index is 13.3. The van der Waals surface area contributed by atoms with Crippen LogP contribution in [-0.2, 0) is 20.7 Å². The summed E-state index contributed by atoms with van der Waals surface area (Å²) in [6.07, 6.45) is 1.24. The Labute approximate surface area is 170 Å². The van der Waals surface area contributed by atoms with Gasteiger partial charge in [-0.1, -0.05) is 31.2 Å². The number of aryl methyl sites for hydroxylation is 1. The van der Waals surface area contributed by atoms with Gasteiger partial charge in [-0.25, -0.2) is 0 Å². The molecule has 3 rings (SSSR count). The van der Waals surface area contributed by atoms with Crippen molar-refractivity contribution in [3.8, 4) is 0 Å². The molecule has 1 aromatic heterocycles. The van der Waals surface area contributed by atoms with E-state index in [0.29, 0.717) is 26.1 Å². The average molecular weight is 401 g/mol. The maximum absolute atomic E-state index is 13.3. The van der Waals surface area contributed by atoms with Gasteiger partial charge in [0.25, 0.3) is 0 Å². The summed E-state index contributed by atoms with van der Waals surface area (Å²) in [6.45, 7) is 5.53. The summed E-state index contributed by atoms with van der Waals surface area (Å²) in [5.74, 6) is -0.0333. The number of hydrogen-bond acceptors (Lipinski definition) is 4. The highest BCUT2D eigenvalue weighted by molar-refractivity contribution is 7.10. The van der Waals surface area contributed by atoms with Crippen molar-refractivity contribution in [3.63, 3.8) is 0 Å². The van der Waals surface area contributed by atoms with Gasteiger partial charge in [0.1, 0.15) is 0 Å². The fourth-order valence-corrected chi connectivity index (χ4v) is 4.69. The average Bonchev–Trinajstić information content (AvgIpc) is 3.19. The Morgan fingerprint density at radius 3 is 2.75 bits per heavy atom. The van der Waals surface area contributed by atoms with E-state index in [1.807, 2.05) is 24.0 Å². The van der Waals surface area contributed by atoms with Crippen LogP contribution < -0.4 is 0 Å². The second-order valence-electron chi connectivity index (χ2n) is 7.06. The highest BCUT2D eigenvalue weighted by Gasteiger charge is 2.34. The lowest BCUT2D eigenvalue weighted by Crippen LogP contribution is -2.47. The number of benzene rings is 1. The molecule has 0 aliphatic carbocycles. The molecule has 0 saturated heterocycles. The minimum Gasteiger partial charge on any atom is -0.383 e. The van der Waals surface area contributed by atoms with Gasteiger partial charge in [-0.05, 0) is 41.5 Å². The van der Waals surface area contributed by atoms with Crippen LogP contribution in [0.1, 0.15) is 41.0 Å². The molecule has 150 valence electrons. The third-order valence-electron chi connectivity index (χ3n) is 5.32. The largest absolute Gasteiger partial charge is 0.383 e. The summed E-state index contributed by atoms with van der Waals surface area (Å²) in [7, 11) is 1.60. The first-order valence-electron chi connectivity index (χ1n) is 9.74. The van der Waals surface area contributed by atoms with E-state index in [1.165, 1.54) is 16.0 Å². The number of hydrogen-bond donors (Lipinski definition) is 0. The molecule has 0 radical (unpaired) electrons. The van der Waals surface area contributed by atoms with Crippen LogP contribution in [0.15, 0.2) is 35.7 Å². The number of nitrogens with zero attached hydrogens (tertiary/aromatic N) is 2. The first kappa shape index (κ1) is 20.6. The number of amides is 2. The second-order valence-corrected chi connectivity index (χ2v) is 8.06. The molecule has 0 N–H and O–H groups in total. The summed E-state index contributed by atoms with van der Waals surface area (Å²) < 4.78 is 5.12. The van der Waals surface area contributed by atoms with Gasteiger partial charge in [0.2, 0.25) is 11.8 Å². The van der Waals surface area contributed by atoms with Crippen molar-refractivity contribution in [2.75, 3.05) is 33.4 Å². The van der Waals surface area contributed by atoms with Crippen LogP contribution >= 0.6 is 11.3 Å². The number of carbonyl (C=O) groups is 2. The number of fused-ring (bicyclic) bond motifs is 1. The molecule has 0 saturated carbocycles. The second kappa shape index (κ2) is 9.34. The molecule has 6 heteroatoms. The van der Waals surface area contributed by atoms with Gasteiger partial charge in [-0.3, -0.25) is 9.59 Å². The summed E-state index contributed by atoms with van der Waals surface area (Å²) in [4.78, 5) is 30.5. The van der Waals surface area contributed by atoms with Crippen LogP contribution in [0, 0.1) is 6.92 Å². The molecule has 1 aliphatic rings. The van der Waals surface area contributed by atoms with E-state index in [0.717, 1.165) is 12.0 Å². The van der Waals surface area contributed by atoms with Crippen LogP contribution in [0.5, 0.6) is 0 Å². The van der Waals surface area contributed by atoms with Gasteiger partial charge in [-0.2, -0.15) is 0 Å². The predicted octanol–water partition coefficient (Wildman–Crippen LogP) is 3.42. The highest BCUT2D eigenvalue weighted by Crippen LogP contribution is 2.38. The van der Waals surface area contributed by atoms with E-state index in [-0.39, 0.29) is 24.4 Å².